The minimum Gasteiger partial charge on any atom is -0.466 e. The molecular formula is C17H23F3N2O3S. The summed E-state index contributed by atoms with van der Waals surface area (Å²) in [6.07, 6.45) is -4.66. The van der Waals surface area contributed by atoms with Crippen LogP contribution < -0.4 is 0 Å². The molecule has 26 heavy (non-hydrogen) atoms. The molecule has 1 aromatic rings. The molecular weight excluding hydrogens is 369 g/mol. The van der Waals surface area contributed by atoms with Crippen LogP contribution in [0.1, 0.15) is 46.2 Å². The molecule has 0 amide bonds. The summed E-state index contributed by atoms with van der Waals surface area (Å²) in [5.41, 5.74) is 0.147. The Hall–Kier alpha value is -1.77. The summed E-state index contributed by atoms with van der Waals surface area (Å²) in [4.78, 5) is 15.6. The number of rotatable bonds is 7. The molecule has 0 radical (unpaired) electrons. The van der Waals surface area contributed by atoms with E-state index in [4.69, 9.17) is 0 Å². The lowest BCUT2D eigenvalue weighted by Gasteiger charge is -2.21. The van der Waals surface area contributed by atoms with Gasteiger partial charge in [0.2, 0.25) is 0 Å². The first-order valence-electron chi connectivity index (χ1n) is 8.08. The third kappa shape index (κ3) is 7.23. The molecule has 1 aromatic heterocycles. The molecule has 0 aliphatic rings. The predicted octanol–water partition coefficient (Wildman–Crippen LogP) is 3.85. The quantitative estimate of drug-likeness (QED) is 0.522. The highest BCUT2D eigenvalue weighted by Crippen LogP contribution is 2.33. The third-order valence-electron chi connectivity index (χ3n) is 3.30. The topological polar surface area (TPSA) is 68.6 Å². The Morgan fingerprint density at radius 2 is 1.92 bits per heavy atom. The van der Waals surface area contributed by atoms with Gasteiger partial charge in [-0.1, -0.05) is 6.07 Å². The summed E-state index contributed by atoms with van der Waals surface area (Å²) in [6, 6.07) is 4.71. The van der Waals surface area contributed by atoms with E-state index in [2.05, 4.69) is 14.1 Å². The monoisotopic (exact) mass is 392 g/mol. The number of alkyl halides is 3. The average molecular weight is 392 g/mol. The summed E-state index contributed by atoms with van der Waals surface area (Å²) in [7, 11) is -1.76. The van der Waals surface area contributed by atoms with E-state index >= 15 is 0 Å². The van der Waals surface area contributed by atoms with Gasteiger partial charge < -0.3 is 4.74 Å². The smallest absolute Gasteiger partial charge is 0.392 e. The van der Waals surface area contributed by atoms with Crippen LogP contribution in [-0.4, -0.2) is 38.4 Å². The fourth-order valence-electron chi connectivity index (χ4n) is 1.92. The molecule has 1 rings (SSSR count). The molecule has 2 atom stereocenters. The molecule has 0 saturated heterocycles. The van der Waals surface area contributed by atoms with Gasteiger partial charge in [0.25, 0.3) is 0 Å². The van der Waals surface area contributed by atoms with Crippen LogP contribution in [0.25, 0.3) is 0 Å². The molecule has 0 bridgehead atoms. The maximum Gasteiger partial charge on any atom is 0.392 e. The number of nitrogens with zero attached hydrogens (tertiary/aromatic N) is 2. The Bertz CT molecular complexity index is 655. The summed E-state index contributed by atoms with van der Waals surface area (Å²) in [5.74, 6) is -2.94. The molecule has 0 saturated carbocycles. The fourth-order valence-corrected chi connectivity index (χ4v) is 2.56. The summed E-state index contributed by atoms with van der Waals surface area (Å²) >= 11 is 0. The average Bonchev–Trinajstić information content (AvgIpc) is 2.52. The second-order valence-corrected chi connectivity index (χ2v) is 8.47. The Labute approximate surface area is 153 Å². The maximum absolute atomic E-state index is 13.4. The van der Waals surface area contributed by atoms with Crippen LogP contribution in [-0.2, 0) is 20.5 Å². The van der Waals surface area contributed by atoms with E-state index in [1.807, 2.05) is 0 Å². The second-order valence-electron chi connectivity index (χ2n) is 6.57. The van der Waals surface area contributed by atoms with Crippen molar-refractivity contribution in [3.63, 3.8) is 0 Å². The van der Waals surface area contributed by atoms with Gasteiger partial charge >= 0.3 is 12.1 Å². The first-order chi connectivity index (χ1) is 11.9. The van der Waals surface area contributed by atoms with Crippen LogP contribution in [0, 0.1) is 5.92 Å². The number of aromatic nitrogens is 1. The Morgan fingerprint density at radius 3 is 2.38 bits per heavy atom. The van der Waals surface area contributed by atoms with Crippen LogP contribution in [0.15, 0.2) is 28.8 Å². The van der Waals surface area contributed by atoms with Crippen LogP contribution in [0.4, 0.5) is 13.2 Å². The van der Waals surface area contributed by atoms with Gasteiger partial charge in [0.05, 0.1) is 35.1 Å². The van der Waals surface area contributed by atoms with Crippen LogP contribution in [0.5, 0.6) is 0 Å². The van der Waals surface area contributed by atoms with Crippen molar-refractivity contribution in [3.8, 4) is 0 Å². The normalized spacial score (nSPS) is 15.4. The van der Waals surface area contributed by atoms with Crippen molar-refractivity contribution in [2.75, 3.05) is 6.61 Å². The van der Waals surface area contributed by atoms with Gasteiger partial charge in [0.1, 0.15) is 11.0 Å². The zero-order valence-electron chi connectivity index (χ0n) is 15.2. The molecule has 0 unspecified atom stereocenters. The van der Waals surface area contributed by atoms with Crippen molar-refractivity contribution < 1.29 is 26.9 Å². The number of carbonyl (C=O) groups excluding carboxylic acids is 1. The van der Waals surface area contributed by atoms with E-state index in [-0.39, 0.29) is 18.0 Å². The predicted molar refractivity (Wildman–Crippen MR) is 94.1 cm³/mol. The standard InChI is InChI=1S/C17H23F3N2O3S/c1-5-25-15(23)11-12(17(18,19)20)10-14(13-8-6-7-9-21-13)22-26(24)16(2,3)4/h6-9,12H,5,10-11H2,1-4H3/t12-,26+/m0/s1. The number of carbonyl (C=O) groups is 1. The molecule has 0 fully saturated rings. The van der Waals surface area contributed by atoms with Gasteiger partial charge in [0.15, 0.2) is 0 Å². The highest BCUT2D eigenvalue weighted by Gasteiger charge is 2.42. The first-order valence-corrected chi connectivity index (χ1v) is 9.19. The summed E-state index contributed by atoms with van der Waals surface area (Å²) in [6.45, 7) is 6.53. The van der Waals surface area contributed by atoms with Crippen molar-refractivity contribution >= 4 is 22.7 Å². The number of ether oxygens (including phenoxy) is 1. The molecule has 0 aliphatic heterocycles. The molecule has 0 aliphatic carbocycles. The van der Waals surface area contributed by atoms with E-state index < -0.39 is 46.6 Å². The lowest BCUT2D eigenvalue weighted by Crippen LogP contribution is -2.30. The minimum absolute atomic E-state index is 0.00135. The SMILES string of the molecule is CCOC(=O)C[C@H](CC(=N[S@](=O)C(C)(C)C)c1ccccn1)C(F)(F)F. The van der Waals surface area contributed by atoms with Crippen molar-refractivity contribution in [2.45, 2.75) is 51.5 Å². The van der Waals surface area contributed by atoms with Crippen LogP contribution in [0.3, 0.4) is 0 Å². The maximum atomic E-state index is 13.4. The number of halogens is 3. The van der Waals surface area contributed by atoms with Gasteiger partial charge in [-0.25, -0.2) is 4.21 Å². The van der Waals surface area contributed by atoms with Crippen molar-refractivity contribution in [3.05, 3.63) is 30.1 Å². The largest absolute Gasteiger partial charge is 0.466 e. The van der Waals surface area contributed by atoms with Gasteiger partial charge in [0, 0.05) is 12.6 Å². The van der Waals surface area contributed by atoms with E-state index in [0.717, 1.165) is 0 Å². The molecule has 146 valence electrons. The van der Waals surface area contributed by atoms with Crippen molar-refractivity contribution in [2.24, 2.45) is 10.3 Å². The number of pyridine rings is 1. The highest BCUT2D eigenvalue weighted by atomic mass is 32.2. The number of esters is 1. The van der Waals surface area contributed by atoms with Crippen molar-refractivity contribution in [1.29, 1.82) is 0 Å². The zero-order valence-corrected chi connectivity index (χ0v) is 16.0. The molecule has 9 heteroatoms. The lowest BCUT2D eigenvalue weighted by atomic mass is 9.96. The van der Waals surface area contributed by atoms with Crippen LogP contribution >= 0.6 is 0 Å². The lowest BCUT2D eigenvalue weighted by molar-refractivity contribution is -0.182. The van der Waals surface area contributed by atoms with E-state index in [0.29, 0.717) is 0 Å². The molecule has 0 aromatic carbocycles. The summed E-state index contributed by atoms with van der Waals surface area (Å²) in [5, 5.41) is 0. The molecule has 0 N–H and O–H groups in total. The van der Waals surface area contributed by atoms with E-state index in [1.54, 1.807) is 32.9 Å². The van der Waals surface area contributed by atoms with E-state index in [1.165, 1.54) is 19.2 Å². The Morgan fingerprint density at radius 1 is 1.27 bits per heavy atom. The van der Waals surface area contributed by atoms with Gasteiger partial charge in [-0.15, -0.1) is 0 Å². The van der Waals surface area contributed by atoms with Gasteiger partial charge in [-0.05, 0) is 39.8 Å². The van der Waals surface area contributed by atoms with E-state index in [9.17, 15) is 22.2 Å². The number of hydrogen-bond donors (Lipinski definition) is 0. The van der Waals surface area contributed by atoms with Gasteiger partial charge in [-0.3, -0.25) is 9.78 Å². The summed E-state index contributed by atoms with van der Waals surface area (Å²) < 4.78 is 60.4. The fraction of sp³-hybridized carbons (Fsp3) is 0.588. The second kappa shape index (κ2) is 9.25. The van der Waals surface area contributed by atoms with Gasteiger partial charge in [-0.2, -0.15) is 17.6 Å². The molecule has 1 heterocycles. The molecule has 0 spiro atoms. The first kappa shape index (κ1) is 22.3. The van der Waals surface area contributed by atoms with Crippen LogP contribution in [0.2, 0.25) is 0 Å². The minimum atomic E-state index is -4.63. The Kier molecular flexibility index (Phi) is 7.92. The highest BCUT2D eigenvalue weighted by molar-refractivity contribution is 7.85. The number of hydrogen-bond acceptors (Lipinski definition) is 4. The van der Waals surface area contributed by atoms with Crippen molar-refractivity contribution in [1.82, 2.24) is 4.98 Å². The zero-order chi connectivity index (χ0) is 20.0. The third-order valence-corrected chi connectivity index (χ3v) is 4.73. The Balaban J connectivity index is 3.22. The molecule has 5 nitrogen and oxygen atoms in total.